The number of rotatable bonds is 3. The molecule has 2 saturated heterocycles. The van der Waals surface area contributed by atoms with Gasteiger partial charge in [0, 0.05) is 26.2 Å². The van der Waals surface area contributed by atoms with Crippen molar-refractivity contribution in [3.63, 3.8) is 0 Å². The molecule has 0 radical (unpaired) electrons. The first-order chi connectivity index (χ1) is 9.25. The maximum atomic E-state index is 5.93. The minimum atomic E-state index is 0.243. The minimum absolute atomic E-state index is 0.243. The Morgan fingerprint density at radius 3 is 2.95 bits per heavy atom. The van der Waals surface area contributed by atoms with Gasteiger partial charge in [-0.25, -0.2) is 0 Å². The van der Waals surface area contributed by atoms with Crippen molar-refractivity contribution in [1.29, 1.82) is 0 Å². The van der Waals surface area contributed by atoms with Crippen LogP contribution in [0.4, 0.5) is 0 Å². The van der Waals surface area contributed by atoms with E-state index in [1.165, 1.54) is 25.1 Å². The molecule has 0 amide bonds. The molecule has 2 unspecified atom stereocenters. The summed E-state index contributed by atoms with van der Waals surface area (Å²) < 4.78 is 5.93. The van der Waals surface area contributed by atoms with Gasteiger partial charge in [-0.3, -0.25) is 4.90 Å². The standard InChI is InChI=1S/C16H24N2O/c1-16(7-8-17-12-16)13-18-9-10-19-15(11-18)14-5-3-2-4-6-14/h2-6,15,17H,7-13H2,1H3. The molecule has 2 fully saturated rings. The number of hydrogen-bond donors (Lipinski definition) is 1. The van der Waals surface area contributed by atoms with Crippen LogP contribution in [0.3, 0.4) is 0 Å². The van der Waals surface area contributed by atoms with Crippen LogP contribution < -0.4 is 5.32 Å². The number of benzene rings is 1. The lowest BCUT2D eigenvalue weighted by atomic mass is 9.89. The van der Waals surface area contributed by atoms with Crippen LogP contribution in [0.2, 0.25) is 0 Å². The van der Waals surface area contributed by atoms with Crippen LogP contribution in [0.25, 0.3) is 0 Å². The van der Waals surface area contributed by atoms with E-state index in [0.717, 1.165) is 26.2 Å². The highest BCUT2D eigenvalue weighted by Crippen LogP contribution is 2.29. The highest BCUT2D eigenvalue weighted by molar-refractivity contribution is 5.18. The zero-order chi connectivity index (χ0) is 13.1. The summed E-state index contributed by atoms with van der Waals surface area (Å²) in [6.07, 6.45) is 1.54. The molecule has 2 atom stereocenters. The number of ether oxygens (including phenoxy) is 1. The topological polar surface area (TPSA) is 24.5 Å². The molecule has 0 spiro atoms. The van der Waals surface area contributed by atoms with Gasteiger partial charge in [0.2, 0.25) is 0 Å². The predicted molar refractivity (Wildman–Crippen MR) is 77.2 cm³/mol. The van der Waals surface area contributed by atoms with Crippen LogP contribution >= 0.6 is 0 Å². The van der Waals surface area contributed by atoms with Crippen molar-refractivity contribution in [2.75, 3.05) is 39.3 Å². The zero-order valence-electron chi connectivity index (χ0n) is 11.8. The Bertz CT molecular complexity index is 400. The van der Waals surface area contributed by atoms with Crippen molar-refractivity contribution in [2.24, 2.45) is 5.41 Å². The molecule has 1 aromatic rings. The van der Waals surface area contributed by atoms with Gasteiger partial charge < -0.3 is 10.1 Å². The van der Waals surface area contributed by atoms with E-state index >= 15 is 0 Å². The fourth-order valence-corrected chi connectivity index (χ4v) is 3.26. The monoisotopic (exact) mass is 260 g/mol. The molecule has 104 valence electrons. The van der Waals surface area contributed by atoms with Gasteiger partial charge >= 0.3 is 0 Å². The summed E-state index contributed by atoms with van der Waals surface area (Å²) in [5.41, 5.74) is 1.75. The Labute approximate surface area is 115 Å². The molecule has 2 aliphatic heterocycles. The molecule has 1 aromatic carbocycles. The maximum absolute atomic E-state index is 5.93. The van der Waals surface area contributed by atoms with E-state index in [1.54, 1.807) is 0 Å². The molecule has 2 aliphatic rings. The highest BCUT2D eigenvalue weighted by Gasteiger charge is 2.32. The fraction of sp³-hybridized carbons (Fsp3) is 0.625. The molecule has 0 saturated carbocycles. The Morgan fingerprint density at radius 1 is 1.37 bits per heavy atom. The Kier molecular flexibility index (Phi) is 3.87. The minimum Gasteiger partial charge on any atom is -0.371 e. The van der Waals surface area contributed by atoms with Gasteiger partial charge in [-0.15, -0.1) is 0 Å². The highest BCUT2D eigenvalue weighted by atomic mass is 16.5. The van der Waals surface area contributed by atoms with E-state index in [4.69, 9.17) is 4.74 Å². The predicted octanol–water partition coefficient (Wildman–Crippen LogP) is 2.06. The van der Waals surface area contributed by atoms with Gasteiger partial charge in [0.05, 0.1) is 12.7 Å². The summed E-state index contributed by atoms with van der Waals surface area (Å²) in [5.74, 6) is 0. The van der Waals surface area contributed by atoms with Gasteiger partial charge in [0.15, 0.2) is 0 Å². The number of nitrogens with zero attached hydrogens (tertiary/aromatic N) is 1. The summed E-state index contributed by atoms with van der Waals surface area (Å²) >= 11 is 0. The van der Waals surface area contributed by atoms with Crippen LogP contribution in [-0.4, -0.2) is 44.2 Å². The van der Waals surface area contributed by atoms with E-state index < -0.39 is 0 Å². The maximum Gasteiger partial charge on any atom is 0.0952 e. The molecule has 3 heteroatoms. The second-order valence-corrected chi connectivity index (χ2v) is 6.24. The van der Waals surface area contributed by atoms with Crippen molar-refractivity contribution in [1.82, 2.24) is 10.2 Å². The summed E-state index contributed by atoms with van der Waals surface area (Å²) in [7, 11) is 0. The average Bonchev–Trinajstić information content (AvgIpc) is 2.86. The van der Waals surface area contributed by atoms with Crippen LogP contribution in [0.1, 0.15) is 25.0 Å². The molecule has 0 bridgehead atoms. The Morgan fingerprint density at radius 2 is 2.21 bits per heavy atom. The van der Waals surface area contributed by atoms with E-state index in [9.17, 15) is 0 Å². The summed E-state index contributed by atoms with van der Waals surface area (Å²) in [5, 5.41) is 3.49. The second kappa shape index (κ2) is 5.61. The second-order valence-electron chi connectivity index (χ2n) is 6.24. The van der Waals surface area contributed by atoms with Gasteiger partial charge in [-0.05, 0) is 23.9 Å². The molecule has 0 aromatic heterocycles. The first kappa shape index (κ1) is 13.1. The Hall–Kier alpha value is -0.900. The lowest BCUT2D eigenvalue weighted by molar-refractivity contribution is -0.0400. The summed E-state index contributed by atoms with van der Waals surface area (Å²) in [4.78, 5) is 2.58. The smallest absolute Gasteiger partial charge is 0.0952 e. The van der Waals surface area contributed by atoms with E-state index in [2.05, 4.69) is 47.5 Å². The molecular weight excluding hydrogens is 236 g/mol. The van der Waals surface area contributed by atoms with Gasteiger partial charge in [0.25, 0.3) is 0 Å². The first-order valence-electron chi connectivity index (χ1n) is 7.35. The first-order valence-corrected chi connectivity index (χ1v) is 7.35. The third-order valence-corrected chi connectivity index (χ3v) is 4.38. The Balaban J connectivity index is 1.62. The SMILES string of the molecule is CC1(CN2CCOC(c3ccccc3)C2)CCNC1. The lowest BCUT2D eigenvalue weighted by Gasteiger charge is -2.37. The van der Waals surface area contributed by atoms with Crippen LogP contribution in [0.5, 0.6) is 0 Å². The van der Waals surface area contributed by atoms with Gasteiger partial charge in [0.1, 0.15) is 0 Å². The summed E-state index contributed by atoms with van der Waals surface area (Å²) in [6.45, 7) is 8.86. The molecule has 3 nitrogen and oxygen atoms in total. The third kappa shape index (κ3) is 3.16. The normalized spacial score (nSPS) is 32.6. The molecular formula is C16H24N2O. The third-order valence-electron chi connectivity index (χ3n) is 4.38. The van der Waals surface area contributed by atoms with Crippen molar-refractivity contribution in [2.45, 2.75) is 19.4 Å². The molecule has 1 N–H and O–H groups in total. The van der Waals surface area contributed by atoms with Crippen LogP contribution in [-0.2, 0) is 4.74 Å². The van der Waals surface area contributed by atoms with Gasteiger partial charge in [-0.2, -0.15) is 0 Å². The van der Waals surface area contributed by atoms with E-state index in [0.29, 0.717) is 5.41 Å². The quantitative estimate of drug-likeness (QED) is 0.900. The molecule has 0 aliphatic carbocycles. The molecule has 19 heavy (non-hydrogen) atoms. The number of hydrogen-bond acceptors (Lipinski definition) is 3. The van der Waals surface area contributed by atoms with Crippen LogP contribution in [0.15, 0.2) is 30.3 Å². The number of nitrogens with one attached hydrogen (secondary N) is 1. The zero-order valence-corrected chi connectivity index (χ0v) is 11.8. The van der Waals surface area contributed by atoms with Crippen molar-refractivity contribution < 1.29 is 4.74 Å². The van der Waals surface area contributed by atoms with Crippen LogP contribution in [0, 0.1) is 5.41 Å². The van der Waals surface area contributed by atoms with Crippen molar-refractivity contribution in [3.8, 4) is 0 Å². The summed E-state index contributed by atoms with van der Waals surface area (Å²) in [6, 6.07) is 10.6. The molecule has 2 heterocycles. The molecule has 3 rings (SSSR count). The fourth-order valence-electron chi connectivity index (χ4n) is 3.26. The van der Waals surface area contributed by atoms with Crippen molar-refractivity contribution in [3.05, 3.63) is 35.9 Å². The lowest BCUT2D eigenvalue weighted by Crippen LogP contribution is -2.44. The van der Waals surface area contributed by atoms with Crippen molar-refractivity contribution >= 4 is 0 Å². The van der Waals surface area contributed by atoms with E-state index in [1.807, 2.05) is 0 Å². The van der Waals surface area contributed by atoms with Gasteiger partial charge in [-0.1, -0.05) is 37.3 Å². The average molecular weight is 260 g/mol. The van der Waals surface area contributed by atoms with E-state index in [-0.39, 0.29) is 6.10 Å². The largest absolute Gasteiger partial charge is 0.371 e. The number of morpholine rings is 1.